The lowest BCUT2D eigenvalue weighted by atomic mass is 9.79. The summed E-state index contributed by atoms with van der Waals surface area (Å²) >= 11 is 3.54. The highest BCUT2D eigenvalue weighted by Crippen LogP contribution is 2.41. The molecule has 0 unspecified atom stereocenters. The zero-order chi connectivity index (χ0) is 71.0. The monoisotopic (exact) mass is 1420 g/mol. The molecule has 20 aromatic rings. The van der Waals surface area contributed by atoms with E-state index >= 15 is 0 Å². The van der Waals surface area contributed by atoms with Gasteiger partial charge in [-0.3, -0.25) is 0 Å². The van der Waals surface area contributed by atoms with Gasteiger partial charge in [0.1, 0.15) is 22.3 Å². The van der Waals surface area contributed by atoms with Gasteiger partial charge in [0.25, 0.3) is 0 Å². The van der Waals surface area contributed by atoms with Crippen LogP contribution in [-0.2, 0) is 0 Å². The summed E-state index contributed by atoms with van der Waals surface area (Å²) in [5, 5.41) is 32.7. The predicted octanol–water partition coefficient (Wildman–Crippen LogP) is 24.5. The van der Waals surface area contributed by atoms with Crippen LogP contribution in [0.25, 0.3) is 188 Å². The molecule has 0 saturated heterocycles. The first-order valence-corrected chi connectivity index (χ1v) is 36.0. The fourth-order valence-corrected chi connectivity index (χ4v) is 14.8. The summed E-state index contributed by atoms with van der Waals surface area (Å²) < 4.78 is 13.0. The number of para-hydroxylation sites is 4. The third kappa shape index (κ3) is 12.6. The molecule has 10 heteroatoms. The average Bonchev–Trinajstić information content (AvgIpc) is 1.77. The minimum Gasteiger partial charge on any atom is -0.456 e. The number of hydrogen-bond donors (Lipinski definition) is 2. The van der Waals surface area contributed by atoms with Crippen molar-refractivity contribution in [2.75, 3.05) is 0 Å². The number of fused-ring (bicyclic) bond motifs is 12. The first-order chi connectivity index (χ1) is 52.3. The summed E-state index contributed by atoms with van der Waals surface area (Å²) in [6, 6.07) is 126. The van der Waals surface area contributed by atoms with Crippen molar-refractivity contribution in [2.45, 2.75) is 0 Å². The molecule has 4 heterocycles. The molecule has 16 aromatic carbocycles. The molecule has 0 aliphatic heterocycles. The number of halogens is 1. The zero-order valence-electron chi connectivity index (χ0n) is 57.1. The quantitative estimate of drug-likeness (QED) is 0.103. The Balaban J connectivity index is 0.000000127. The minimum absolute atomic E-state index is 0.397. The van der Waals surface area contributed by atoms with Crippen molar-refractivity contribution in [1.82, 2.24) is 19.9 Å². The first kappa shape index (κ1) is 64.9. The van der Waals surface area contributed by atoms with E-state index in [-0.39, 0.29) is 0 Å². The van der Waals surface area contributed by atoms with E-state index in [1.165, 1.54) is 65.3 Å². The molecule has 106 heavy (non-hydrogen) atoms. The maximum atomic E-state index is 9.24. The van der Waals surface area contributed by atoms with Crippen molar-refractivity contribution in [3.05, 3.63) is 368 Å². The van der Waals surface area contributed by atoms with Crippen LogP contribution in [0.4, 0.5) is 0 Å². The van der Waals surface area contributed by atoms with Gasteiger partial charge < -0.3 is 18.9 Å². The van der Waals surface area contributed by atoms with Gasteiger partial charge in [0, 0.05) is 70.4 Å². The third-order valence-electron chi connectivity index (χ3n) is 19.8. The highest BCUT2D eigenvalue weighted by Gasteiger charge is 2.21. The standard InChI is InChI=1S/C48H30N2O.C36H23BrN2.C12H9BO3/c1-2-11-35(12-3-1)48-49-44(33-25-21-31(22-26-33)38-18-10-19-42-41-17-8-9-20-46(41)51-47(38)42)30-45(50-48)34-27-23-32(24-28-34)43-29-36-13-4-5-14-37(36)39-15-6-7-16-40(39)43;37-29-20-18-26(19-21-29)35-23-34(38-36(39-35)27-8-2-1-3-9-27)25-16-14-24(15-17-25)33-22-28-10-4-5-11-30(28)31-12-6-7-13-32(31)33;14-13(15)10-6-3-5-9-8-4-1-2-7-11(8)16-12(9)10/h1-30H;1-23H;1-7,14-15H. The number of nitrogens with zero attached hydrogens (tertiary/aromatic N) is 4. The topological polar surface area (TPSA) is 118 Å². The smallest absolute Gasteiger partial charge is 0.456 e. The van der Waals surface area contributed by atoms with Gasteiger partial charge in [0.2, 0.25) is 0 Å². The van der Waals surface area contributed by atoms with Crippen LogP contribution in [0.15, 0.2) is 377 Å². The van der Waals surface area contributed by atoms with Crippen LogP contribution in [0, 0.1) is 0 Å². The van der Waals surface area contributed by atoms with Gasteiger partial charge in [-0.15, -0.1) is 0 Å². The van der Waals surface area contributed by atoms with Gasteiger partial charge >= 0.3 is 7.12 Å². The molecular weight excluding hydrogens is 1360 g/mol. The molecule has 20 rings (SSSR count). The molecule has 0 aliphatic rings. The molecule has 0 spiro atoms. The lowest BCUT2D eigenvalue weighted by molar-refractivity contribution is 0.425. The Morgan fingerprint density at radius 2 is 0.557 bits per heavy atom. The SMILES string of the molecule is Brc1ccc(-c2cc(-c3ccc(-c4cc5ccccc5c5ccccc45)cc3)nc(-c3ccccc3)n2)cc1.OB(O)c1cccc2c1oc1ccccc12.c1ccc(-c2nc(-c3ccc(-c4cc5ccccc5c5ccccc45)cc3)cc(-c3ccc(-c4cccc5c4oc4ccccc45)cc3)n2)cc1. The van der Waals surface area contributed by atoms with Crippen molar-refractivity contribution < 1.29 is 18.9 Å². The van der Waals surface area contributed by atoms with Crippen molar-refractivity contribution in [2.24, 2.45) is 0 Å². The van der Waals surface area contributed by atoms with Gasteiger partial charge in [-0.05, 0) is 119 Å². The summed E-state index contributed by atoms with van der Waals surface area (Å²) in [5.41, 5.74) is 20.2. The van der Waals surface area contributed by atoms with E-state index in [1.807, 2.05) is 91.0 Å². The maximum absolute atomic E-state index is 9.24. The molecule has 0 fully saturated rings. The van der Waals surface area contributed by atoms with E-state index in [1.54, 1.807) is 12.1 Å². The summed E-state index contributed by atoms with van der Waals surface area (Å²) in [4.78, 5) is 20.1. The van der Waals surface area contributed by atoms with E-state index in [2.05, 4.69) is 277 Å². The highest BCUT2D eigenvalue weighted by molar-refractivity contribution is 9.10. The average molecular weight is 1430 g/mol. The third-order valence-corrected chi connectivity index (χ3v) is 20.3. The van der Waals surface area contributed by atoms with Crippen LogP contribution in [0.3, 0.4) is 0 Å². The molecule has 4 aromatic heterocycles. The van der Waals surface area contributed by atoms with Crippen LogP contribution >= 0.6 is 15.9 Å². The van der Waals surface area contributed by atoms with Crippen LogP contribution < -0.4 is 5.46 Å². The predicted molar refractivity (Wildman–Crippen MR) is 442 cm³/mol. The number of furan rings is 2. The largest absolute Gasteiger partial charge is 0.492 e. The number of rotatable bonds is 10. The molecule has 0 atom stereocenters. The van der Waals surface area contributed by atoms with Gasteiger partial charge in [-0.2, -0.15) is 0 Å². The van der Waals surface area contributed by atoms with Gasteiger partial charge in [-0.25, -0.2) is 19.9 Å². The van der Waals surface area contributed by atoms with E-state index in [9.17, 15) is 10.0 Å². The lowest BCUT2D eigenvalue weighted by Gasteiger charge is -2.13. The van der Waals surface area contributed by atoms with Gasteiger partial charge in [0.15, 0.2) is 11.6 Å². The normalized spacial score (nSPS) is 11.3. The Morgan fingerprint density at radius 3 is 0.991 bits per heavy atom. The molecule has 500 valence electrons. The lowest BCUT2D eigenvalue weighted by Crippen LogP contribution is -2.29. The summed E-state index contributed by atoms with van der Waals surface area (Å²) in [6.45, 7) is 0. The summed E-state index contributed by atoms with van der Waals surface area (Å²) in [5.74, 6) is 1.42. The Kier molecular flexibility index (Phi) is 17.3. The molecule has 2 N–H and O–H groups in total. The summed E-state index contributed by atoms with van der Waals surface area (Å²) in [7, 11) is -1.51. The minimum atomic E-state index is -1.51. The fourth-order valence-electron chi connectivity index (χ4n) is 14.5. The molecular formula is C96H62BBrN4O4. The number of hydrogen-bond acceptors (Lipinski definition) is 8. The van der Waals surface area contributed by atoms with E-state index in [0.717, 1.165) is 116 Å². The van der Waals surface area contributed by atoms with E-state index in [0.29, 0.717) is 16.9 Å². The highest BCUT2D eigenvalue weighted by atomic mass is 79.9. The van der Waals surface area contributed by atoms with Crippen LogP contribution in [0.5, 0.6) is 0 Å². The molecule has 0 amide bonds. The van der Waals surface area contributed by atoms with Crippen LogP contribution in [0.2, 0.25) is 0 Å². The fraction of sp³-hybridized carbons (Fsp3) is 0. The van der Waals surface area contributed by atoms with E-state index < -0.39 is 7.12 Å². The second kappa shape index (κ2) is 28.2. The Labute approximate surface area is 619 Å². The second-order valence-corrected chi connectivity index (χ2v) is 27.2. The van der Waals surface area contributed by atoms with Crippen molar-refractivity contribution in [1.29, 1.82) is 0 Å². The van der Waals surface area contributed by atoms with Gasteiger partial charge in [-0.1, -0.05) is 331 Å². The van der Waals surface area contributed by atoms with Crippen LogP contribution in [0.1, 0.15) is 0 Å². The Morgan fingerprint density at radius 1 is 0.236 bits per heavy atom. The summed E-state index contributed by atoms with van der Waals surface area (Å²) in [6.07, 6.45) is 0. The number of aromatic nitrogens is 4. The molecule has 0 bridgehead atoms. The molecule has 0 saturated carbocycles. The Bertz CT molecular complexity index is 6670. The molecule has 8 nitrogen and oxygen atoms in total. The maximum Gasteiger partial charge on any atom is 0.492 e. The molecule has 0 aliphatic carbocycles. The second-order valence-electron chi connectivity index (χ2n) is 26.3. The van der Waals surface area contributed by atoms with E-state index in [4.69, 9.17) is 28.8 Å². The molecule has 0 radical (unpaired) electrons. The Hall–Kier alpha value is -13.2. The first-order valence-electron chi connectivity index (χ1n) is 35.2. The van der Waals surface area contributed by atoms with Crippen molar-refractivity contribution >= 4 is 115 Å². The number of benzene rings is 16. The van der Waals surface area contributed by atoms with Crippen molar-refractivity contribution in [3.8, 4) is 101 Å². The zero-order valence-corrected chi connectivity index (χ0v) is 58.7. The van der Waals surface area contributed by atoms with Crippen LogP contribution in [-0.4, -0.2) is 37.1 Å². The van der Waals surface area contributed by atoms with Crippen molar-refractivity contribution in [3.63, 3.8) is 0 Å². The van der Waals surface area contributed by atoms with Gasteiger partial charge in [0.05, 0.1) is 22.8 Å².